The van der Waals surface area contributed by atoms with Crippen LogP contribution >= 0.6 is 0 Å². The molecule has 3 N–H and O–H groups in total. The Morgan fingerprint density at radius 3 is 2.38 bits per heavy atom. The second-order valence-electron chi connectivity index (χ2n) is 5.74. The average Bonchev–Trinajstić information content (AvgIpc) is 2.47. The topological polar surface area (TPSA) is 108 Å². The molecule has 132 valence electrons. The lowest BCUT2D eigenvalue weighted by atomic mass is 10.2. The molecule has 1 rings (SSSR count). The summed E-state index contributed by atoms with van der Waals surface area (Å²) >= 11 is 0. The number of anilines is 2. The van der Waals surface area contributed by atoms with Crippen LogP contribution in [0.25, 0.3) is 0 Å². The average molecular weight is 336 g/mol. The van der Waals surface area contributed by atoms with Crippen molar-refractivity contribution in [1.29, 1.82) is 0 Å². The molecular weight excluding hydrogens is 312 g/mol. The van der Waals surface area contributed by atoms with Crippen LogP contribution < -0.4 is 11.1 Å². The standard InChI is InChI=1S/C12H18N2O2.C5H6O3/c1-8-5-6-9(13)10(7-8)14-11(15)16-12(2,3)4;1-8-5(7)3-2-4-6/h5-7H,13H2,1-4H3,(H,14,15);2-4H,1H3/b;3-2+. The molecule has 1 aromatic rings. The molecule has 0 atom stereocenters. The lowest BCUT2D eigenvalue weighted by molar-refractivity contribution is -0.135. The fourth-order valence-corrected chi connectivity index (χ4v) is 1.38. The number of methoxy groups -OCH3 is 1. The van der Waals surface area contributed by atoms with Crippen molar-refractivity contribution < 1.29 is 23.9 Å². The van der Waals surface area contributed by atoms with Crippen molar-refractivity contribution >= 4 is 29.7 Å². The van der Waals surface area contributed by atoms with Gasteiger partial charge < -0.3 is 15.2 Å². The Morgan fingerprint density at radius 2 is 1.88 bits per heavy atom. The van der Waals surface area contributed by atoms with Crippen molar-refractivity contribution in [2.24, 2.45) is 0 Å². The second-order valence-corrected chi connectivity index (χ2v) is 5.74. The lowest BCUT2D eigenvalue weighted by Gasteiger charge is -2.20. The van der Waals surface area contributed by atoms with Gasteiger partial charge in [0.2, 0.25) is 0 Å². The van der Waals surface area contributed by atoms with Crippen LogP contribution in [0.4, 0.5) is 16.2 Å². The summed E-state index contributed by atoms with van der Waals surface area (Å²) in [4.78, 5) is 31.1. The number of rotatable bonds is 3. The number of hydrogen-bond donors (Lipinski definition) is 2. The number of carbonyl (C=O) groups excluding carboxylic acids is 3. The first-order valence-corrected chi connectivity index (χ1v) is 7.15. The first-order chi connectivity index (χ1) is 11.1. The summed E-state index contributed by atoms with van der Waals surface area (Å²) in [7, 11) is 1.25. The molecule has 0 heterocycles. The smallest absolute Gasteiger partial charge is 0.412 e. The SMILES string of the molecule is COC(=O)/C=C/C=O.Cc1ccc(N)c(NC(=O)OC(C)(C)C)c1. The van der Waals surface area contributed by atoms with Gasteiger partial charge in [0.25, 0.3) is 0 Å². The molecule has 0 saturated heterocycles. The minimum atomic E-state index is -0.517. The third kappa shape index (κ3) is 9.99. The maximum absolute atomic E-state index is 11.5. The highest BCUT2D eigenvalue weighted by molar-refractivity contribution is 5.89. The maximum Gasteiger partial charge on any atom is 0.412 e. The number of ether oxygens (including phenoxy) is 2. The van der Waals surface area contributed by atoms with Gasteiger partial charge in [-0.05, 0) is 51.5 Å². The summed E-state index contributed by atoms with van der Waals surface area (Å²) in [6.07, 6.45) is 2.14. The molecule has 7 nitrogen and oxygen atoms in total. The van der Waals surface area contributed by atoms with Crippen LogP contribution in [0.5, 0.6) is 0 Å². The second kappa shape index (κ2) is 10.0. The van der Waals surface area contributed by atoms with E-state index < -0.39 is 17.7 Å². The molecular formula is C17H24N2O5. The lowest BCUT2D eigenvalue weighted by Crippen LogP contribution is -2.27. The normalized spacial score (nSPS) is 10.4. The Kier molecular flexibility index (Phi) is 8.86. The molecule has 1 aromatic carbocycles. The van der Waals surface area contributed by atoms with E-state index >= 15 is 0 Å². The molecule has 1 amide bonds. The molecule has 0 radical (unpaired) electrons. The number of esters is 1. The molecule has 0 unspecified atom stereocenters. The molecule has 0 aromatic heterocycles. The van der Waals surface area contributed by atoms with Gasteiger partial charge in [0, 0.05) is 6.08 Å². The maximum atomic E-state index is 11.5. The van der Waals surface area contributed by atoms with Gasteiger partial charge in [-0.2, -0.15) is 0 Å². The van der Waals surface area contributed by atoms with Gasteiger partial charge in [0.1, 0.15) is 11.9 Å². The van der Waals surface area contributed by atoms with E-state index in [1.54, 1.807) is 12.1 Å². The number of nitrogens with one attached hydrogen (secondary N) is 1. The van der Waals surface area contributed by atoms with Crippen molar-refractivity contribution in [2.45, 2.75) is 33.3 Å². The van der Waals surface area contributed by atoms with Crippen molar-refractivity contribution in [3.63, 3.8) is 0 Å². The minimum Gasteiger partial charge on any atom is -0.466 e. The van der Waals surface area contributed by atoms with Gasteiger partial charge in [-0.15, -0.1) is 0 Å². The van der Waals surface area contributed by atoms with Crippen LogP contribution in [0.15, 0.2) is 30.4 Å². The number of aldehydes is 1. The number of aryl methyl sites for hydroxylation is 1. The molecule has 0 aliphatic heterocycles. The van der Waals surface area contributed by atoms with Crippen LogP contribution in [0.2, 0.25) is 0 Å². The molecule has 0 bridgehead atoms. The number of benzene rings is 1. The quantitative estimate of drug-likeness (QED) is 0.380. The zero-order valence-electron chi connectivity index (χ0n) is 14.6. The Labute approximate surface area is 141 Å². The summed E-state index contributed by atoms with van der Waals surface area (Å²) in [5, 5.41) is 2.62. The summed E-state index contributed by atoms with van der Waals surface area (Å²) < 4.78 is 9.30. The summed E-state index contributed by atoms with van der Waals surface area (Å²) in [5.74, 6) is -0.517. The fourth-order valence-electron chi connectivity index (χ4n) is 1.38. The van der Waals surface area contributed by atoms with Crippen molar-refractivity contribution in [2.75, 3.05) is 18.2 Å². The van der Waals surface area contributed by atoms with E-state index in [9.17, 15) is 14.4 Å². The molecule has 24 heavy (non-hydrogen) atoms. The zero-order chi connectivity index (χ0) is 18.8. The molecule has 7 heteroatoms. The highest BCUT2D eigenvalue weighted by Crippen LogP contribution is 2.20. The monoisotopic (exact) mass is 336 g/mol. The van der Waals surface area contributed by atoms with Gasteiger partial charge in [-0.3, -0.25) is 10.1 Å². The fraction of sp³-hybridized carbons (Fsp3) is 0.353. The molecule has 0 saturated carbocycles. The van der Waals surface area contributed by atoms with Crippen molar-refractivity contribution in [1.82, 2.24) is 0 Å². The number of nitrogen functional groups attached to an aromatic ring is 1. The number of carbonyl (C=O) groups is 3. The third-order valence-electron chi connectivity index (χ3n) is 2.36. The van der Waals surface area contributed by atoms with Crippen LogP contribution in [-0.4, -0.2) is 31.1 Å². The zero-order valence-corrected chi connectivity index (χ0v) is 14.6. The summed E-state index contributed by atoms with van der Waals surface area (Å²) in [5.41, 5.74) is 7.35. The van der Waals surface area contributed by atoms with Gasteiger partial charge in [-0.25, -0.2) is 9.59 Å². The summed E-state index contributed by atoms with van der Waals surface area (Å²) in [6.45, 7) is 7.37. The van der Waals surface area contributed by atoms with E-state index in [-0.39, 0.29) is 0 Å². The Bertz CT molecular complexity index is 603. The van der Waals surface area contributed by atoms with E-state index in [0.717, 1.165) is 17.7 Å². The Morgan fingerprint density at radius 1 is 1.25 bits per heavy atom. The van der Waals surface area contributed by atoms with Crippen LogP contribution in [-0.2, 0) is 19.1 Å². The number of hydrogen-bond acceptors (Lipinski definition) is 6. The molecule has 0 fully saturated rings. The summed E-state index contributed by atoms with van der Waals surface area (Å²) in [6, 6.07) is 5.44. The van der Waals surface area contributed by atoms with Crippen molar-refractivity contribution in [3.05, 3.63) is 35.9 Å². The van der Waals surface area contributed by atoms with Gasteiger partial charge in [-0.1, -0.05) is 6.07 Å². The van der Waals surface area contributed by atoms with Gasteiger partial charge in [0.15, 0.2) is 0 Å². The minimum absolute atomic E-state index is 0.496. The molecule has 0 aliphatic rings. The Balaban J connectivity index is 0.000000561. The first-order valence-electron chi connectivity index (χ1n) is 7.15. The van der Waals surface area contributed by atoms with E-state index in [4.69, 9.17) is 10.5 Å². The highest BCUT2D eigenvalue weighted by atomic mass is 16.6. The van der Waals surface area contributed by atoms with E-state index in [2.05, 4.69) is 10.1 Å². The first kappa shape index (κ1) is 21.2. The van der Waals surface area contributed by atoms with Gasteiger partial charge >= 0.3 is 12.1 Å². The number of nitrogens with two attached hydrogens (primary N) is 1. The highest BCUT2D eigenvalue weighted by Gasteiger charge is 2.16. The van der Waals surface area contributed by atoms with Gasteiger partial charge in [0.05, 0.1) is 18.5 Å². The third-order valence-corrected chi connectivity index (χ3v) is 2.36. The van der Waals surface area contributed by atoms with Crippen LogP contribution in [0.1, 0.15) is 26.3 Å². The molecule has 0 aliphatic carbocycles. The van der Waals surface area contributed by atoms with Crippen LogP contribution in [0, 0.1) is 6.92 Å². The number of amides is 1. The van der Waals surface area contributed by atoms with E-state index in [0.29, 0.717) is 17.7 Å². The largest absolute Gasteiger partial charge is 0.466 e. The van der Waals surface area contributed by atoms with E-state index in [1.165, 1.54) is 7.11 Å². The van der Waals surface area contributed by atoms with Crippen LogP contribution in [0.3, 0.4) is 0 Å². The van der Waals surface area contributed by atoms with E-state index in [1.807, 2.05) is 33.8 Å². The number of allylic oxidation sites excluding steroid dienone is 1. The van der Waals surface area contributed by atoms with Crippen molar-refractivity contribution in [3.8, 4) is 0 Å². The molecule has 0 spiro atoms. The Hall–Kier alpha value is -2.83. The predicted molar refractivity (Wildman–Crippen MR) is 92.7 cm³/mol. The predicted octanol–water partition coefficient (Wildman–Crippen LogP) is 2.84.